The van der Waals surface area contributed by atoms with Crippen molar-refractivity contribution >= 4 is 34.6 Å². The third-order valence-electron chi connectivity index (χ3n) is 4.03. The van der Waals surface area contributed by atoms with Gasteiger partial charge in [-0.3, -0.25) is 4.79 Å². The average molecular weight is 351 g/mol. The maximum absolute atomic E-state index is 12.6. The lowest BCUT2D eigenvalue weighted by Crippen LogP contribution is -2.36. The number of likely N-dealkylation sites (tertiary alicyclic amines) is 1. The quantitative estimate of drug-likeness (QED) is 0.867. The van der Waals surface area contributed by atoms with E-state index in [4.69, 9.17) is 5.11 Å². The van der Waals surface area contributed by atoms with Gasteiger partial charge < -0.3 is 15.1 Å². The fourth-order valence-electron chi connectivity index (χ4n) is 2.91. The van der Waals surface area contributed by atoms with Crippen molar-refractivity contribution in [2.75, 3.05) is 6.54 Å². The van der Waals surface area contributed by atoms with Gasteiger partial charge in [0.1, 0.15) is 4.88 Å². The van der Waals surface area contributed by atoms with Crippen molar-refractivity contribution in [3.63, 3.8) is 0 Å². The normalized spacial score (nSPS) is 19.0. The molecule has 2 atom stereocenters. The molecule has 0 spiro atoms. The Morgan fingerprint density at radius 2 is 2.09 bits per heavy atom. The summed E-state index contributed by atoms with van der Waals surface area (Å²) in [6.07, 6.45) is 1.73. The van der Waals surface area contributed by atoms with Crippen LogP contribution in [0.5, 0.6) is 0 Å². The Labute approximate surface area is 141 Å². The minimum absolute atomic E-state index is 0.00465. The number of aliphatic hydroxyl groups is 1. The van der Waals surface area contributed by atoms with E-state index < -0.39 is 12.1 Å². The van der Waals surface area contributed by atoms with E-state index in [0.717, 1.165) is 29.1 Å². The lowest BCUT2D eigenvalue weighted by molar-refractivity contribution is 0.0672. The van der Waals surface area contributed by atoms with Gasteiger partial charge in [0.2, 0.25) is 0 Å². The highest BCUT2D eigenvalue weighted by molar-refractivity contribution is 7.15. The van der Waals surface area contributed by atoms with Gasteiger partial charge >= 0.3 is 5.97 Å². The topological polar surface area (TPSA) is 77.8 Å². The van der Waals surface area contributed by atoms with Gasteiger partial charge in [-0.15, -0.1) is 22.7 Å². The van der Waals surface area contributed by atoms with Crippen LogP contribution in [0.4, 0.5) is 0 Å². The van der Waals surface area contributed by atoms with Gasteiger partial charge in [0, 0.05) is 17.5 Å². The second-order valence-electron chi connectivity index (χ2n) is 5.53. The van der Waals surface area contributed by atoms with Crippen LogP contribution in [0.15, 0.2) is 29.6 Å². The van der Waals surface area contributed by atoms with E-state index in [2.05, 4.69) is 0 Å². The fraction of sp³-hybridized carbons (Fsp3) is 0.375. The molecule has 1 amide bonds. The molecule has 0 aromatic carbocycles. The molecule has 1 aliphatic heterocycles. The molecule has 2 unspecified atom stereocenters. The molecule has 0 aliphatic carbocycles. The molecule has 3 rings (SSSR count). The first kappa shape index (κ1) is 16.2. The lowest BCUT2D eigenvalue weighted by Gasteiger charge is -2.26. The van der Waals surface area contributed by atoms with Gasteiger partial charge in [-0.2, -0.15) is 0 Å². The van der Waals surface area contributed by atoms with E-state index in [1.54, 1.807) is 11.0 Å². The van der Waals surface area contributed by atoms with E-state index in [9.17, 15) is 14.7 Å². The predicted octanol–water partition coefficient (Wildman–Crippen LogP) is 3.24. The molecule has 2 aromatic heterocycles. The molecule has 1 fully saturated rings. The maximum atomic E-state index is 12.6. The summed E-state index contributed by atoms with van der Waals surface area (Å²) in [5.74, 6) is -1.15. The summed E-state index contributed by atoms with van der Waals surface area (Å²) in [6.45, 7) is 0.654. The Morgan fingerprint density at radius 3 is 2.74 bits per heavy atom. The molecule has 7 heteroatoms. The molecule has 23 heavy (non-hydrogen) atoms. The molecule has 1 aliphatic rings. The average Bonchev–Trinajstić information content (AvgIpc) is 3.27. The van der Waals surface area contributed by atoms with E-state index in [0.29, 0.717) is 17.8 Å². The van der Waals surface area contributed by atoms with Gasteiger partial charge in [-0.05, 0) is 42.8 Å². The molecule has 2 aromatic rings. The molecule has 0 bridgehead atoms. The Bertz CT molecular complexity index is 695. The van der Waals surface area contributed by atoms with E-state index >= 15 is 0 Å². The summed E-state index contributed by atoms with van der Waals surface area (Å²) < 4.78 is 0. The van der Waals surface area contributed by atoms with Gasteiger partial charge in [0.05, 0.1) is 11.0 Å². The van der Waals surface area contributed by atoms with Crippen molar-refractivity contribution in [3.05, 3.63) is 44.3 Å². The number of hydrogen-bond donors (Lipinski definition) is 2. The second-order valence-corrected chi connectivity index (χ2v) is 7.59. The minimum Gasteiger partial charge on any atom is -0.477 e. The summed E-state index contributed by atoms with van der Waals surface area (Å²) in [4.78, 5) is 26.9. The van der Waals surface area contributed by atoms with Crippen LogP contribution in [0.1, 0.15) is 49.6 Å². The number of carbonyl (C=O) groups excluding carboxylic acids is 1. The second kappa shape index (κ2) is 6.82. The van der Waals surface area contributed by atoms with Gasteiger partial charge in [0.15, 0.2) is 0 Å². The number of rotatable bonds is 5. The van der Waals surface area contributed by atoms with Gasteiger partial charge in [0.25, 0.3) is 5.91 Å². The Morgan fingerprint density at radius 1 is 1.30 bits per heavy atom. The zero-order valence-electron chi connectivity index (χ0n) is 12.3. The zero-order valence-corrected chi connectivity index (χ0v) is 14.0. The number of carboxylic acids is 1. The SMILES string of the molecule is O=C(O)c1ccc(C(=O)N2CCCC2CC(O)c2cccs2)s1. The van der Waals surface area contributed by atoms with E-state index in [1.165, 1.54) is 17.4 Å². The van der Waals surface area contributed by atoms with Crippen molar-refractivity contribution < 1.29 is 19.8 Å². The van der Waals surface area contributed by atoms with Crippen molar-refractivity contribution in [2.45, 2.75) is 31.4 Å². The Hall–Kier alpha value is -1.70. The number of aliphatic hydroxyl groups excluding tert-OH is 1. The third kappa shape index (κ3) is 3.46. The molecular weight excluding hydrogens is 334 g/mol. The van der Waals surface area contributed by atoms with Crippen LogP contribution < -0.4 is 0 Å². The highest BCUT2D eigenvalue weighted by atomic mass is 32.1. The molecule has 2 N–H and O–H groups in total. The molecule has 0 radical (unpaired) electrons. The van der Waals surface area contributed by atoms with Gasteiger partial charge in [-0.25, -0.2) is 4.79 Å². The van der Waals surface area contributed by atoms with Crippen molar-refractivity contribution in [1.29, 1.82) is 0 Å². The number of nitrogens with zero attached hydrogens (tertiary/aromatic N) is 1. The molecule has 1 saturated heterocycles. The summed E-state index contributed by atoms with van der Waals surface area (Å²) in [5.41, 5.74) is 0. The molecule has 3 heterocycles. The molecular formula is C16H17NO4S2. The molecule has 122 valence electrons. The smallest absolute Gasteiger partial charge is 0.345 e. The third-order valence-corrected chi connectivity index (χ3v) is 6.07. The predicted molar refractivity (Wildman–Crippen MR) is 89.2 cm³/mol. The number of hydrogen-bond acceptors (Lipinski definition) is 5. The van der Waals surface area contributed by atoms with E-state index in [1.807, 2.05) is 17.5 Å². The van der Waals surface area contributed by atoms with Crippen LogP contribution in [0.25, 0.3) is 0 Å². The standard InChI is InChI=1S/C16H17NO4S2/c18-11(12-4-2-8-22-12)9-10-3-1-7-17(10)15(19)13-5-6-14(23-13)16(20)21/h2,4-6,8,10-11,18H,1,3,7,9H2,(H,20,21). The molecule has 5 nitrogen and oxygen atoms in total. The minimum atomic E-state index is -1.01. The number of aromatic carboxylic acids is 1. The van der Waals surface area contributed by atoms with Crippen LogP contribution in [-0.2, 0) is 0 Å². The summed E-state index contributed by atoms with van der Waals surface area (Å²) in [6, 6.07) is 6.83. The number of amides is 1. The first-order valence-corrected chi connectivity index (χ1v) is 9.11. The van der Waals surface area contributed by atoms with E-state index in [-0.39, 0.29) is 16.8 Å². The zero-order chi connectivity index (χ0) is 16.4. The first-order chi connectivity index (χ1) is 11.1. The fourth-order valence-corrected chi connectivity index (χ4v) is 4.44. The summed E-state index contributed by atoms with van der Waals surface area (Å²) >= 11 is 2.51. The van der Waals surface area contributed by atoms with Crippen molar-refractivity contribution in [2.24, 2.45) is 0 Å². The number of carbonyl (C=O) groups is 2. The number of carboxylic acid groups (broad SMARTS) is 1. The summed E-state index contributed by atoms with van der Waals surface area (Å²) in [5, 5.41) is 21.2. The van der Waals surface area contributed by atoms with Crippen molar-refractivity contribution in [1.82, 2.24) is 4.90 Å². The highest BCUT2D eigenvalue weighted by Crippen LogP contribution is 2.31. The first-order valence-electron chi connectivity index (χ1n) is 7.42. The van der Waals surface area contributed by atoms with Crippen molar-refractivity contribution in [3.8, 4) is 0 Å². The lowest BCUT2D eigenvalue weighted by atomic mass is 10.1. The highest BCUT2D eigenvalue weighted by Gasteiger charge is 2.32. The van der Waals surface area contributed by atoms with Crippen LogP contribution in [-0.4, -0.2) is 39.6 Å². The summed E-state index contributed by atoms with van der Waals surface area (Å²) in [7, 11) is 0. The number of thiophene rings is 2. The largest absolute Gasteiger partial charge is 0.477 e. The monoisotopic (exact) mass is 351 g/mol. The van der Waals surface area contributed by atoms with Crippen LogP contribution in [0.3, 0.4) is 0 Å². The molecule has 0 saturated carbocycles. The van der Waals surface area contributed by atoms with Crippen LogP contribution >= 0.6 is 22.7 Å². The van der Waals surface area contributed by atoms with Gasteiger partial charge in [-0.1, -0.05) is 6.07 Å². The Balaban J connectivity index is 1.70. The Kier molecular flexibility index (Phi) is 4.79. The maximum Gasteiger partial charge on any atom is 0.345 e. The van der Waals surface area contributed by atoms with Crippen LogP contribution in [0.2, 0.25) is 0 Å². The van der Waals surface area contributed by atoms with Crippen LogP contribution in [0, 0.1) is 0 Å².